The number of hydrogen-bond donors (Lipinski definition) is 15. The number of carbonyl (C=O) groups is 3. The predicted octanol–water partition coefficient (Wildman–Crippen LogP) is -9.12. The molecule has 0 unspecified atom stereocenters. The van der Waals surface area contributed by atoms with Crippen LogP contribution in [0, 0.1) is 5.92 Å². The summed E-state index contributed by atoms with van der Waals surface area (Å²) >= 11 is 0. The van der Waals surface area contributed by atoms with Crippen LogP contribution in [-0.4, -0.2) is 246 Å². The van der Waals surface area contributed by atoms with Crippen LogP contribution in [-0.2, 0) is 57.0 Å². The van der Waals surface area contributed by atoms with Crippen molar-refractivity contribution in [1.29, 1.82) is 0 Å². The zero-order valence-electron chi connectivity index (χ0n) is 33.4. The van der Waals surface area contributed by atoms with Crippen molar-refractivity contribution in [2.75, 3.05) is 26.4 Å². The summed E-state index contributed by atoms with van der Waals surface area (Å²) in [5, 5.41) is 141. The molecule has 0 saturated carbocycles. The van der Waals surface area contributed by atoms with Gasteiger partial charge in [0.2, 0.25) is 18.1 Å². The van der Waals surface area contributed by atoms with E-state index in [4.69, 9.17) is 42.6 Å². The number of aliphatic hydroxyl groups excluding tert-OH is 12. The minimum atomic E-state index is -2.18. The molecule has 5 aliphatic rings. The summed E-state index contributed by atoms with van der Waals surface area (Å²) in [5.74, 6) is -4.39. The van der Waals surface area contributed by atoms with E-state index in [9.17, 15) is 80.8 Å². The number of carbonyl (C=O) groups excluding carboxylic acids is 2. The van der Waals surface area contributed by atoms with E-state index in [0.717, 1.165) is 19.9 Å². The van der Waals surface area contributed by atoms with Crippen molar-refractivity contribution in [3.8, 4) is 0 Å². The number of ether oxygens (including phenoxy) is 9. The fourth-order valence-corrected chi connectivity index (χ4v) is 7.86. The maximum atomic E-state index is 12.7. The smallest absolute Gasteiger partial charge is 0.335 e. The lowest BCUT2D eigenvalue weighted by Crippen LogP contribution is -2.71. The van der Waals surface area contributed by atoms with Gasteiger partial charge in [-0.15, -0.1) is 0 Å². The first kappa shape index (κ1) is 50.2. The van der Waals surface area contributed by atoms with Crippen molar-refractivity contribution in [1.82, 2.24) is 10.6 Å². The molecule has 0 aromatic rings. The Kier molecular flexibility index (Phi) is 17.3. The summed E-state index contributed by atoms with van der Waals surface area (Å²) in [4.78, 5) is 37.4. The highest BCUT2D eigenvalue weighted by Gasteiger charge is 2.57. The molecule has 356 valence electrons. The number of hydrogen-bond acceptors (Lipinski definition) is 24. The zero-order chi connectivity index (χ0) is 45.9. The van der Waals surface area contributed by atoms with Gasteiger partial charge in [0.25, 0.3) is 0 Å². The molecule has 0 spiro atoms. The van der Waals surface area contributed by atoms with E-state index in [2.05, 4.69) is 10.6 Å². The largest absolute Gasteiger partial charge is 0.479 e. The van der Waals surface area contributed by atoms with Crippen molar-refractivity contribution >= 4 is 17.8 Å². The third kappa shape index (κ3) is 10.8. The second-order valence-corrected chi connectivity index (χ2v) is 15.4. The van der Waals surface area contributed by atoms with Crippen LogP contribution in [0.1, 0.15) is 20.8 Å². The third-order valence-electron chi connectivity index (χ3n) is 11.1. The van der Waals surface area contributed by atoms with Crippen LogP contribution in [0.5, 0.6) is 0 Å². The molecule has 4 saturated heterocycles. The molecule has 5 rings (SSSR count). The quantitative estimate of drug-likeness (QED) is 0.0725. The molecule has 62 heavy (non-hydrogen) atoms. The standard InChI is InChI=1S/C35H56N2O25/c1-9-14(6-39)56-33(17(36-10(2)42)24(9)60-35-19(45)13(44)4-12(5-38)54-35)61-25-16(8-41)55-32(53)23(49)28(25)58-26-18(37-11(3)43)34(57-15(7-40)20(26)46)62-27-21(47)22(48)31(52)59-29(27)30(50)51/h4,9,13-29,31-35,38-41,44-49,52-53H,5-8H2,1-3H3,(H,36,42)(H,37,43)(H,50,51)/t9-,13+,14-,15+,16-,17-,18-,19-,20-,21-,22-,23-,24+,25-,26-,27+,28-,29+,31-,32+,33-,34-,35-/m1/s1. The van der Waals surface area contributed by atoms with E-state index < -0.39 is 185 Å². The van der Waals surface area contributed by atoms with Crippen molar-refractivity contribution in [2.24, 2.45) is 5.92 Å². The summed E-state index contributed by atoms with van der Waals surface area (Å²) in [6.07, 6.45) is -36.3. The molecule has 27 nitrogen and oxygen atoms in total. The monoisotopic (exact) mass is 904 g/mol. The number of aliphatic hydroxyl groups is 12. The molecule has 15 N–H and O–H groups in total. The van der Waals surface area contributed by atoms with Crippen molar-refractivity contribution in [3.63, 3.8) is 0 Å². The lowest BCUT2D eigenvalue weighted by atomic mass is 9.88. The Balaban J connectivity index is 1.51. The van der Waals surface area contributed by atoms with Gasteiger partial charge >= 0.3 is 5.97 Å². The van der Waals surface area contributed by atoms with Gasteiger partial charge in [0.05, 0.1) is 32.0 Å². The summed E-state index contributed by atoms with van der Waals surface area (Å²) in [6, 6.07) is -3.23. The number of nitrogens with one attached hydrogen (secondary N) is 2. The number of carboxylic acid groups (broad SMARTS) is 1. The second kappa shape index (κ2) is 21.4. The summed E-state index contributed by atoms with van der Waals surface area (Å²) in [7, 11) is 0. The highest BCUT2D eigenvalue weighted by molar-refractivity contribution is 5.74. The van der Waals surface area contributed by atoms with Gasteiger partial charge in [-0.2, -0.15) is 0 Å². The Morgan fingerprint density at radius 1 is 0.581 bits per heavy atom. The van der Waals surface area contributed by atoms with E-state index in [1.165, 1.54) is 6.92 Å². The third-order valence-corrected chi connectivity index (χ3v) is 11.1. The average molecular weight is 905 g/mol. The number of carboxylic acids is 1. The molecule has 0 bridgehead atoms. The van der Waals surface area contributed by atoms with Crippen LogP contribution in [0.2, 0.25) is 0 Å². The average Bonchev–Trinajstić information content (AvgIpc) is 3.22. The predicted molar refractivity (Wildman–Crippen MR) is 192 cm³/mol. The molecule has 5 heterocycles. The summed E-state index contributed by atoms with van der Waals surface area (Å²) in [5.41, 5.74) is 0. The lowest BCUT2D eigenvalue weighted by Gasteiger charge is -2.51. The molecule has 0 radical (unpaired) electrons. The van der Waals surface area contributed by atoms with E-state index in [-0.39, 0.29) is 5.76 Å². The Morgan fingerprint density at radius 3 is 1.66 bits per heavy atom. The van der Waals surface area contributed by atoms with Crippen LogP contribution < -0.4 is 10.6 Å². The summed E-state index contributed by atoms with van der Waals surface area (Å²) < 4.78 is 51.9. The highest BCUT2D eigenvalue weighted by Crippen LogP contribution is 2.37. The molecule has 4 fully saturated rings. The van der Waals surface area contributed by atoms with Crippen molar-refractivity contribution in [3.05, 3.63) is 11.8 Å². The molecule has 0 aromatic heterocycles. The minimum absolute atomic E-state index is 0.168. The first-order chi connectivity index (χ1) is 29.3. The van der Waals surface area contributed by atoms with Gasteiger partial charge in [-0.05, 0) is 6.08 Å². The molecule has 2 amide bonds. The second-order valence-electron chi connectivity index (χ2n) is 15.4. The Hall–Kier alpha value is -2.85. The fourth-order valence-electron chi connectivity index (χ4n) is 7.86. The van der Waals surface area contributed by atoms with Crippen LogP contribution in [0.4, 0.5) is 0 Å². The van der Waals surface area contributed by atoms with Gasteiger partial charge in [-0.25, -0.2) is 4.79 Å². The van der Waals surface area contributed by atoms with Gasteiger partial charge in [0.15, 0.2) is 31.3 Å². The van der Waals surface area contributed by atoms with E-state index in [1.807, 2.05) is 0 Å². The van der Waals surface area contributed by atoms with Gasteiger partial charge in [-0.3, -0.25) is 9.59 Å². The Morgan fingerprint density at radius 2 is 1.11 bits per heavy atom. The number of aliphatic carboxylic acids is 1. The minimum Gasteiger partial charge on any atom is -0.479 e. The van der Waals surface area contributed by atoms with E-state index in [0.29, 0.717) is 0 Å². The normalized spacial score (nSPS) is 46.2. The molecule has 0 aromatic carbocycles. The Bertz CT molecular complexity index is 1550. The van der Waals surface area contributed by atoms with Gasteiger partial charge in [-0.1, -0.05) is 6.92 Å². The summed E-state index contributed by atoms with van der Waals surface area (Å²) in [6.45, 7) is 0.226. The maximum Gasteiger partial charge on any atom is 0.335 e. The molecule has 27 heteroatoms. The first-order valence-electron chi connectivity index (χ1n) is 19.5. The number of rotatable bonds is 15. The van der Waals surface area contributed by atoms with E-state index >= 15 is 0 Å². The molecule has 5 aliphatic heterocycles. The molecule has 0 aliphatic carbocycles. The van der Waals surface area contributed by atoms with Crippen LogP contribution in [0.3, 0.4) is 0 Å². The SMILES string of the molecule is CC(=O)N[C@H]1[C@@H](O[C@H]2[C@H](O[C@H]3[C@H](O)[C@H](CO)O[C@H](O[C@H]4[C@H](O)[C@@H](O)[C@H](O)O[C@@H]4C(=O)O)[C@@H]3NC(C)=O)[C@@H](O)[C@@H](O)O[C@@H]2CO)O[C@H](CO)[C@@H](C)[C@@H]1O[C@H]1OC(CO)=C[C@H](O)[C@H]1O. The van der Waals surface area contributed by atoms with Crippen LogP contribution in [0.25, 0.3) is 0 Å². The topological polar surface area (TPSA) is 421 Å². The molecule has 23 atom stereocenters. The van der Waals surface area contributed by atoms with Gasteiger partial charge in [0.1, 0.15) is 97.7 Å². The molecular formula is C35H56N2O25. The maximum absolute atomic E-state index is 12.7. The van der Waals surface area contributed by atoms with Crippen LogP contribution in [0.15, 0.2) is 11.8 Å². The number of amides is 2. The zero-order valence-corrected chi connectivity index (χ0v) is 33.4. The highest BCUT2D eigenvalue weighted by atomic mass is 16.7. The van der Waals surface area contributed by atoms with Gasteiger partial charge in [0, 0.05) is 19.8 Å². The van der Waals surface area contributed by atoms with Crippen molar-refractivity contribution < 1.29 is 123 Å². The van der Waals surface area contributed by atoms with Crippen LogP contribution >= 0.6 is 0 Å². The Labute approximate surface area is 351 Å². The lowest BCUT2D eigenvalue weighted by molar-refractivity contribution is -0.368. The molecular weight excluding hydrogens is 848 g/mol. The van der Waals surface area contributed by atoms with E-state index in [1.54, 1.807) is 0 Å². The first-order valence-corrected chi connectivity index (χ1v) is 19.5. The van der Waals surface area contributed by atoms with Gasteiger partial charge < -0.3 is 120 Å². The van der Waals surface area contributed by atoms with Crippen molar-refractivity contribution in [2.45, 2.75) is 156 Å². The fraction of sp³-hybridized carbons (Fsp3) is 0.857.